The summed E-state index contributed by atoms with van der Waals surface area (Å²) in [5.74, 6) is -0.740. The van der Waals surface area contributed by atoms with Gasteiger partial charge >= 0.3 is 6.03 Å². The molecule has 0 unspecified atom stereocenters. The molecule has 4 nitrogen and oxygen atoms in total. The average Bonchev–Trinajstić information content (AvgIpc) is 1.97. The Labute approximate surface area is 73.9 Å². The van der Waals surface area contributed by atoms with Gasteiger partial charge in [-0.15, -0.1) is 0 Å². The first-order valence-corrected chi connectivity index (χ1v) is 3.68. The van der Waals surface area contributed by atoms with Crippen LogP contribution in [0, 0.1) is 5.92 Å². The van der Waals surface area contributed by atoms with Crippen molar-refractivity contribution >= 4 is 35.5 Å². The largest absolute Gasteiger partial charge is 0.356 e. The summed E-state index contributed by atoms with van der Waals surface area (Å²) in [6, 6.07) is -0.684. The quantitative estimate of drug-likeness (QED) is 0.547. The van der Waals surface area contributed by atoms with Gasteiger partial charge in [0.15, 0.2) is 0 Å². The van der Waals surface area contributed by atoms with Crippen LogP contribution in [0.2, 0.25) is 0 Å². The van der Waals surface area contributed by atoms with Crippen LogP contribution in [0.1, 0.15) is 6.92 Å². The SMILES string of the molecule is C[C@H]1CN(Cl)C(=O)N(Cl)C1=O. The zero-order valence-electron chi connectivity index (χ0n) is 5.75. The monoisotopic (exact) mass is 196 g/mol. The molecule has 0 aromatic heterocycles. The third kappa shape index (κ3) is 1.41. The van der Waals surface area contributed by atoms with Crippen molar-refractivity contribution in [1.29, 1.82) is 0 Å². The molecule has 0 N–H and O–H groups in total. The smallest absolute Gasteiger partial charge is 0.273 e. The van der Waals surface area contributed by atoms with Crippen molar-refractivity contribution in [3.05, 3.63) is 0 Å². The van der Waals surface area contributed by atoms with Crippen molar-refractivity contribution in [2.75, 3.05) is 6.54 Å². The van der Waals surface area contributed by atoms with Gasteiger partial charge in [-0.05, 0) is 0 Å². The summed E-state index contributed by atoms with van der Waals surface area (Å²) in [6.45, 7) is 1.86. The minimum Gasteiger partial charge on any atom is -0.273 e. The van der Waals surface area contributed by atoms with Gasteiger partial charge in [-0.2, -0.15) is 4.42 Å². The number of urea groups is 1. The summed E-state index contributed by atoms with van der Waals surface area (Å²) in [6.07, 6.45) is 0. The minimum atomic E-state index is -0.684. The molecular formula is C5H6Cl2N2O2. The van der Waals surface area contributed by atoms with E-state index in [2.05, 4.69) is 0 Å². The lowest BCUT2D eigenvalue weighted by atomic mass is 10.1. The summed E-state index contributed by atoms with van der Waals surface area (Å²) < 4.78 is 1.39. The highest BCUT2D eigenvalue weighted by molar-refractivity contribution is 6.34. The van der Waals surface area contributed by atoms with Gasteiger partial charge in [-0.1, -0.05) is 6.92 Å². The highest BCUT2D eigenvalue weighted by Crippen LogP contribution is 2.18. The molecule has 1 aliphatic heterocycles. The Morgan fingerprint density at radius 1 is 1.45 bits per heavy atom. The van der Waals surface area contributed by atoms with Crippen molar-refractivity contribution in [3.8, 4) is 0 Å². The predicted octanol–water partition coefficient (Wildman–Crippen LogP) is 1.19. The number of amides is 3. The van der Waals surface area contributed by atoms with Gasteiger partial charge in [0.25, 0.3) is 0 Å². The lowest BCUT2D eigenvalue weighted by molar-refractivity contribution is -0.130. The summed E-state index contributed by atoms with van der Waals surface area (Å²) in [4.78, 5) is 21.8. The van der Waals surface area contributed by atoms with E-state index >= 15 is 0 Å². The summed E-state index contributed by atoms with van der Waals surface area (Å²) in [7, 11) is 0. The fourth-order valence-electron chi connectivity index (χ4n) is 0.780. The van der Waals surface area contributed by atoms with Gasteiger partial charge in [0.2, 0.25) is 5.91 Å². The van der Waals surface area contributed by atoms with E-state index < -0.39 is 11.9 Å². The first-order chi connectivity index (χ1) is 5.04. The molecule has 1 fully saturated rings. The highest BCUT2D eigenvalue weighted by Gasteiger charge is 2.35. The van der Waals surface area contributed by atoms with Crippen LogP contribution < -0.4 is 0 Å². The molecule has 6 heteroatoms. The maximum atomic E-state index is 11.0. The second kappa shape index (κ2) is 2.87. The molecule has 1 rings (SSSR count). The maximum absolute atomic E-state index is 11.0. The molecule has 0 aromatic carbocycles. The van der Waals surface area contributed by atoms with E-state index in [9.17, 15) is 9.59 Å². The average molecular weight is 197 g/mol. The van der Waals surface area contributed by atoms with Gasteiger partial charge in [0.1, 0.15) is 0 Å². The first-order valence-electron chi connectivity index (χ1n) is 3.01. The number of imide groups is 1. The Kier molecular flexibility index (Phi) is 2.25. The number of rotatable bonds is 0. The number of halogens is 2. The predicted molar refractivity (Wildman–Crippen MR) is 39.8 cm³/mol. The maximum Gasteiger partial charge on any atom is 0.356 e. The lowest BCUT2D eigenvalue weighted by Gasteiger charge is -2.28. The van der Waals surface area contributed by atoms with Crippen molar-refractivity contribution < 1.29 is 9.59 Å². The first kappa shape index (κ1) is 8.62. The summed E-state index contributed by atoms with van der Waals surface area (Å²) >= 11 is 10.7. The van der Waals surface area contributed by atoms with Gasteiger partial charge in [-0.25, -0.2) is 9.21 Å². The van der Waals surface area contributed by atoms with Crippen LogP contribution in [0.25, 0.3) is 0 Å². The molecule has 0 aliphatic carbocycles. The molecule has 3 amide bonds. The van der Waals surface area contributed by atoms with Crippen LogP contribution in [0.3, 0.4) is 0 Å². The topological polar surface area (TPSA) is 40.6 Å². The van der Waals surface area contributed by atoms with Crippen molar-refractivity contribution in [3.63, 3.8) is 0 Å². The zero-order valence-corrected chi connectivity index (χ0v) is 7.26. The molecule has 0 saturated carbocycles. The molecule has 0 radical (unpaired) electrons. The Morgan fingerprint density at radius 2 is 2.00 bits per heavy atom. The molecule has 1 aliphatic rings. The van der Waals surface area contributed by atoms with E-state index in [1.165, 1.54) is 0 Å². The van der Waals surface area contributed by atoms with Crippen LogP contribution in [0.15, 0.2) is 0 Å². The minimum absolute atomic E-state index is 0.211. The third-order valence-electron chi connectivity index (χ3n) is 1.42. The van der Waals surface area contributed by atoms with Gasteiger partial charge in [0.05, 0.1) is 12.5 Å². The van der Waals surface area contributed by atoms with E-state index in [-0.39, 0.29) is 12.5 Å². The Balaban J connectivity index is 2.79. The summed E-state index contributed by atoms with van der Waals surface area (Å²) in [5.41, 5.74) is 0. The second-order valence-electron chi connectivity index (χ2n) is 2.35. The third-order valence-corrected chi connectivity index (χ3v) is 2.02. The van der Waals surface area contributed by atoms with Gasteiger partial charge in [-0.3, -0.25) is 4.79 Å². The molecule has 62 valence electrons. The van der Waals surface area contributed by atoms with Crippen LogP contribution in [0.5, 0.6) is 0 Å². The number of hydrogen-bond acceptors (Lipinski definition) is 2. The van der Waals surface area contributed by atoms with Crippen LogP contribution in [0.4, 0.5) is 4.79 Å². The summed E-state index contributed by atoms with van der Waals surface area (Å²) in [5, 5.41) is 0. The van der Waals surface area contributed by atoms with Crippen molar-refractivity contribution in [2.45, 2.75) is 6.92 Å². The van der Waals surface area contributed by atoms with E-state index in [0.717, 1.165) is 4.42 Å². The van der Waals surface area contributed by atoms with Gasteiger partial charge in [0, 0.05) is 23.6 Å². The molecule has 1 atom stereocenters. The normalized spacial score (nSPS) is 26.3. The number of carbonyl (C=O) groups is 2. The van der Waals surface area contributed by atoms with E-state index in [4.69, 9.17) is 23.6 Å². The molecule has 0 bridgehead atoms. The standard InChI is InChI=1S/C5H6Cl2N2O2/c1-3-2-8(6)5(11)9(7)4(3)10/h3H,2H2,1H3/t3-/m0/s1. The molecule has 0 spiro atoms. The fourth-order valence-corrected chi connectivity index (χ4v) is 1.36. The molecule has 11 heavy (non-hydrogen) atoms. The number of nitrogens with zero attached hydrogens (tertiary/aromatic N) is 2. The highest BCUT2D eigenvalue weighted by atomic mass is 35.5. The van der Waals surface area contributed by atoms with Crippen molar-refractivity contribution in [2.24, 2.45) is 5.92 Å². The van der Waals surface area contributed by atoms with Crippen LogP contribution >= 0.6 is 23.6 Å². The van der Waals surface area contributed by atoms with Crippen LogP contribution in [-0.2, 0) is 4.79 Å². The van der Waals surface area contributed by atoms with Gasteiger partial charge < -0.3 is 0 Å². The Morgan fingerprint density at radius 3 is 2.55 bits per heavy atom. The Bertz CT molecular complexity index is 189. The molecule has 0 aromatic rings. The van der Waals surface area contributed by atoms with E-state index in [0.29, 0.717) is 4.42 Å². The fraction of sp³-hybridized carbons (Fsp3) is 0.600. The number of hydrogen-bond donors (Lipinski definition) is 0. The van der Waals surface area contributed by atoms with Crippen molar-refractivity contribution in [1.82, 2.24) is 8.84 Å². The zero-order chi connectivity index (χ0) is 8.59. The second-order valence-corrected chi connectivity index (χ2v) is 3.09. The molecule has 1 saturated heterocycles. The van der Waals surface area contributed by atoms with E-state index in [1.807, 2.05) is 0 Å². The molecular weight excluding hydrogens is 191 g/mol. The number of carbonyl (C=O) groups excluding carboxylic acids is 2. The van der Waals surface area contributed by atoms with E-state index in [1.54, 1.807) is 6.92 Å². The van der Waals surface area contributed by atoms with Crippen LogP contribution in [-0.4, -0.2) is 27.3 Å². The lowest BCUT2D eigenvalue weighted by Crippen LogP contribution is -2.48. The Hall–Kier alpha value is -0.480. The molecule has 1 heterocycles.